The minimum atomic E-state index is -4.40. The normalized spacial score (nSPS) is 13.5. The molecule has 1 aromatic carbocycles. The summed E-state index contributed by atoms with van der Waals surface area (Å²) in [6.45, 7) is 1.69. The van der Waals surface area contributed by atoms with Gasteiger partial charge in [-0.05, 0) is 6.07 Å². The molecule has 0 fully saturated rings. The third-order valence-corrected chi connectivity index (χ3v) is 3.66. The SMILES string of the molecule is CC(CO)c1csc(-c2ccccc2C(F)(F)F)n1. The summed E-state index contributed by atoms with van der Waals surface area (Å²) >= 11 is 1.15. The van der Waals surface area contributed by atoms with Crippen molar-refractivity contribution in [1.82, 2.24) is 4.98 Å². The van der Waals surface area contributed by atoms with Gasteiger partial charge in [-0.25, -0.2) is 4.98 Å². The van der Waals surface area contributed by atoms with Gasteiger partial charge in [-0.15, -0.1) is 11.3 Å². The van der Waals surface area contributed by atoms with Gasteiger partial charge in [0.1, 0.15) is 5.01 Å². The molecule has 0 aliphatic heterocycles. The maximum atomic E-state index is 12.9. The fourth-order valence-electron chi connectivity index (χ4n) is 1.65. The van der Waals surface area contributed by atoms with E-state index in [1.54, 1.807) is 18.4 Å². The van der Waals surface area contributed by atoms with Gasteiger partial charge in [0.2, 0.25) is 0 Å². The van der Waals surface area contributed by atoms with E-state index in [4.69, 9.17) is 5.11 Å². The topological polar surface area (TPSA) is 33.1 Å². The Bertz CT molecular complexity index is 565. The second kappa shape index (κ2) is 5.30. The smallest absolute Gasteiger partial charge is 0.396 e. The number of thiazole rings is 1. The number of aliphatic hydroxyl groups is 1. The number of nitrogens with zero attached hydrogens (tertiary/aromatic N) is 1. The van der Waals surface area contributed by atoms with Crippen LogP contribution in [0, 0.1) is 0 Å². The molecular formula is C13H12F3NOS. The average molecular weight is 287 g/mol. The van der Waals surface area contributed by atoms with E-state index in [0.29, 0.717) is 10.7 Å². The van der Waals surface area contributed by atoms with Gasteiger partial charge >= 0.3 is 6.18 Å². The first-order valence-electron chi connectivity index (χ1n) is 5.66. The molecule has 0 bridgehead atoms. The van der Waals surface area contributed by atoms with Crippen LogP contribution in [-0.2, 0) is 6.18 Å². The Kier molecular flexibility index (Phi) is 3.91. The van der Waals surface area contributed by atoms with Crippen molar-refractivity contribution in [3.05, 3.63) is 40.9 Å². The molecule has 19 heavy (non-hydrogen) atoms. The molecule has 1 aromatic heterocycles. The number of halogens is 3. The van der Waals surface area contributed by atoms with Crippen molar-refractivity contribution in [2.75, 3.05) is 6.61 Å². The van der Waals surface area contributed by atoms with Gasteiger partial charge in [-0.3, -0.25) is 0 Å². The zero-order valence-electron chi connectivity index (χ0n) is 10.1. The third kappa shape index (κ3) is 2.96. The summed E-state index contributed by atoms with van der Waals surface area (Å²) in [5.74, 6) is -0.178. The lowest BCUT2D eigenvalue weighted by atomic mass is 10.1. The van der Waals surface area contributed by atoms with Gasteiger partial charge in [-0.2, -0.15) is 13.2 Å². The molecule has 2 aromatic rings. The van der Waals surface area contributed by atoms with Gasteiger partial charge in [0, 0.05) is 16.9 Å². The fraction of sp³-hybridized carbons (Fsp3) is 0.308. The van der Waals surface area contributed by atoms with Crippen molar-refractivity contribution < 1.29 is 18.3 Å². The number of alkyl halides is 3. The predicted molar refractivity (Wildman–Crippen MR) is 68.1 cm³/mol. The summed E-state index contributed by atoms with van der Waals surface area (Å²) in [5.41, 5.74) is 0.00317. The van der Waals surface area contributed by atoms with Crippen molar-refractivity contribution in [3.8, 4) is 10.6 Å². The summed E-state index contributed by atoms with van der Waals surface area (Å²) in [5, 5.41) is 11.0. The van der Waals surface area contributed by atoms with E-state index in [0.717, 1.165) is 17.4 Å². The number of aromatic nitrogens is 1. The molecule has 0 amide bonds. The van der Waals surface area contributed by atoms with Crippen LogP contribution in [0.2, 0.25) is 0 Å². The van der Waals surface area contributed by atoms with Gasteiger partial charge in [-0.1, -0.05) is 25.1 Å². The standard InChI is InChI=1S/C13H12F3NOS/c1-8(6-18)11-7-19-12(17-11)9-4-2-3-5-10(9)13(14,15)16/h2-5,7-8,18H,6H2,1H3. The molecular weight excluding hydrogens is 275 g/mol. The molecule has 2 nitrogen and oxygen atoms in total. The maximum Gasteiger partial charge on any atom is 0.417 e. The van der Waals surface area contributed by atoms with Crippen LogP contribution in [0.1, 0.15) is 24.1 Å². The molecule has 0 aliphatic carbocycles. The molecule has 1 heterocycles. The second-order valence-electron chi connectivity index (χ2n) is 4.20. The first-order chi connectivity index (χ1) is 8.93. The van der Waals surface area contributed by atoms with Gasteiger partial charge < -0.3 is 5.11 Å². The number of aliphatic hydroxyl groups excluding tert-OH is 1. The molecule has 102 valence electrons. The Labute approximate surface area is 112 Å². The van der Waals surface area contributed by atoms with Crippen LogP contribution >= 0.6 is 11.3 Å². The van der Waals surface area contributed by atoms with Gasteiger partial charge in [0.25, 0.3) is 0 Å². The fourth-order valence-corrected chi connectivity index (χ4v) is 2.63. The number of rotatable bonds is 3. The summed E-state index contributed by atoms with van der Waals surface area (Å²) in [4.78, 5) is 4.18. The molecule has 0 saturated carbocycles. The van der Waals surface area contributed by atoms with Crippen molar-refractivity contribution in [1.29, 1.82) is 0 Å². The average Bonchev–Trinajstić information content (AvgIpc) is 2.86. The lowest BCUT2D eigenvalue weighted by Crippen LogP contribution is -2.07. The molecule has 0 radical (unpaired) electrons. The lowest BCUT2D eigenvalue weighted by molar-refractivity contribution is -0.137. The zero-order chi connectivity index (χ0) is 14.0. The molecule has 0 spiro atoms. The Morgan fingerprint density at radius 3 is 2.63 bits per heavy atom. The number of hydrogen-bond acceptors (Lipinski definition) is 3. The van der Waals surface area contributed by atoms with Gasteiger partial charge in [0.05, 0.1) is 17.9 Å². The van der Waals surface area contributed by atoms with Crippen molar-refractivity contribution >= 4 is 11.3 Å². The van der Waals surface area contributed by atoms with Crippen LogP contribution in [0.15, 0.2) is 29.6 Å². The number of benzene rings is 1. The Morgan fingerprint density at radius 1 is 1.32 bits per heavy atom. The van der Waals surface area contributed by atoms with E-state index >= 15 is 0 Å². The highest BCUT2D eigenvalue weighted by atomic mass is 32.1. The van der Waals surface area contributed by atoms with E-state index in [1.165, 1.54) is 12.1 Å². The van der Waals surface area contributed by atoms with Crippen molar-refractivity contribution in [2.45, 2.75) is 19.0 Å². The van der Waals surface area contributed by atoms with E-state index in [9.17, 15) is 13.2 Å². The van der Waals surface area contributed by atoms with Crippen LogP contribution in [0.3, 0.4) is 0 Å². The quantitative estimate of drug-likeness (QED) is 0.928. The molecule has 6 heteroatoms. The Morgan fingerprint density at radius 2 is 2.00 bits per heavy atom. The third-order valence-electron chi connectivity index (χ3n) is 2.76. The van der Waals surface area contributed by atoms with Crippen LogP contribution in [0.25, 0.3) is 10.6 Å². The van der Waals surface area contributed by atoms with Crippen LogP contribution in [-0.4, -0.2) is 16.7 Å². The first-order valence-corrected chi connectivity index (χ1v) is 6.54. The Hall–Kier alpha value is -1.40. The molecule has 0 aliphatic rings. The highest BCUT2D eigenvalue weighted by Crippen LogP contribution is 2.38. The highest BCUT2D eigenvalue weighted by molar-refractivity contribution is 7.13. The number of hydrogen-bond donors (Lipinski definition) is 1. The van der Waals surface area contributed by atoms with Gasteiger partial charge in [0.15, 0.2) is 0 Å². The summed E-state index contributed by atoms with van der Waals surface area (Å²) in [6, 6.07) is 5.37. The van der Waals surface area contributed by atoms with E-state index in [1.807, 2.05) is 0 Å². The van der Waals surface area contributed by atoms with Crippen molar-refractivity contribution in [3.63, 3.8) is 0 Å². The molecule has 0 saturated heterocycles. The largest absolute Gasteiger partial charge is 0.417 e. The summed E-state index contributed by atoms with van der Waals surface area (Å²) < 4.78 is 38.7. The molecule has 1 N–H and O–H groups in total. The highest BCUT2D eigenvalue weighted by Gasteiger charge is 2.34. The first kappa shape index (κ1) is 14.0. The molecule has 1 unspecified atom stereocenters. The van der Waals surface area contributed by atoms with Crippen LogP contribution < -0.4 is 0 Å². The predicted octanol–water partition coefficient (Wildman–Crippen LogP) is 3.92. The molecule has 2 rings (SSSR count). The van der Waals surface area contributed by atoms with Crippen LogP contribution in [0.4, 0.5) is 13.2 Å². The zero-order valence-corrected chi connectivity index (χ0v) is 10.9. The minimum absolute atomic E-state index is 0.0793. The van der Waals surface area contributed by atoms with E-state index in [-0.39, 0.29) is 18.1 Å². The molecule has 1 atom stereocenters. The minimum Gasteiger partial charge on any atom is -0.396 e. The van der Waals surface area contributed by atoms with E-state index in [2.05, 4.69) is 4.98 Å². The second-order valence-corrected chi connectivity index (χ2v) is 5.06. The van der Waals surface area contributed by atoms with E-state index < -0.39 is 11.7 Å². The summed E-state index contributed by atoms with van der Waals surface area (Å²) in [6.07, 6.45) is -4.40. The maximum absolute atomic E-state index is 12.9. The van der Waals surface area contributed by atoms with Crippen molar-refractivity contribution in [2.24, 2.45) is 0 Å². The van der Waals surface area contributed by atoms with Crippen LogP contribution in [0.5, 0.6) is 0 Å². The lowest BCUT2D eigenvalue weighted by Gasteiger charge is -2.10. The Balaban J connectivity index is 2.45. The summed E-state index contributed by atoms with van der Waals surface area (Å²) in [7, 11) is 0. The monoisotopic (exact) mass is 287 g/mol.